The maximum Gasteiger partial charge on any atom is 0.256 e. The molecule has 126 valence electrons. The first-order valence-corrected chi connectivity index (χ1v) is 7.47. The minimum Gasteiger partial charge on any atom is -0.384 e. The Morgan fingerprint density at radius 1 is 0.960 bits per heavy atom. The summed E-state index contributed by atoms with van der Waals surface area (Å²) in [5, 5.41) is 0. The molecule has 3 aromatic rings. The van der Waals surface area contributed by atoms with E-state index in [4.69, 9.17) is 5.73 Å². The first-order valence-electron chi connectivity index (χ1n) is 7.47. The minimum atomic E-state index is -0.988. The van der Waals surface area contributed by atoms with Crippen LogP contribution < -0.4 is 11.3 Å². The molecule has 0 spiro atoms. The second-order valence-electron chi connectivity index (χ2n) is 5.59. The standard InChI is InChI=1S/C19H14F2N2O2/c1-11-2-5-13(6-3-11)23-17(24)9-8-15(19(23)22)18(25)14-7-4-12(20)10-16(14)21/h2-10H,22H2,1H3. The highest BCUT2D eigenvalue weighted by atomic mass is 19.1. The van der Waals surface area contributed by atoms with Gasteiger partial charge in [-0.25, -0.2) is 8.78 Å². The molecule has 25 heavy (non-hydrogen) atoms. The van der Waals surface area contributed by atoms with Gasteiger partial charge in [0.05, 0.1) is 16.8 Å². The highest BCUT2D eigenvalue weighted by Gasteiger charge is 2.20. The quantitative estimate of drug-likeness (QED) is 0.745. The smallest absolute Gasteiger partial charge is 0.256 e. The largest absolute Gasteiger partial charge is 0.384 e. The second kappa shape index (κ2) is 6.32. The van der Waals surface area contributed by atoms with Gasteiger partial charge in [-0.15, -0.1) is 0 Å². The third kappa shape index (κ3) is 3.06. The van der Waals surface area contributed by atoms with Crippen LogP contribution in [0.1, 0.15) is 21.5 Å². The number of carbonyl (C=O) groups excluding carboxylic acids is 1. The number of pyridine rings is 1. The molecule has 0 saturated carbocycles. The first kappa shape index (κ1) is 16.6. The Morgan fingerprint density at radius 2 is 1.60 bits per heavy atom. The van der Waals surface area contributed by atoms with E-state index in [-0.39, 0.29) is 16.9 Å². The SMILES string of the molecule is Cc1ccc(-n2c(N)c(C(=O)c3ccc(F)cc3F)ccc2=O)cc1. The van der Waals surface area contributed by atoms with Crippen LogP contribution in [0.5, 0.6) is 0 Å². The van der Waals surface area contributed by atoms with Gasteiger partial charge in [-0.2, -0.15) is 0 Å². The number of anilines is 1. The Kier molecular flexibility index (Phi) is 4.19. The van der Waals surface area contributed by atoms with Crippen LogP contribution in [0.4, 0.5) is 14.6 Å². The summed E-state index contributed by atoms with van der Waals surface area (Å²) >= 11 is 0. The van der Waals surface area contributed by atoms with Crippen molar-refractivity contribution in [2.24, 2.45) is 0 Å². The fourth-order valence-corrected chi connectivity index (χ4v) is 2.52. The molecule has 0 saturated heterocycles. The van der Waals surface area contributed by atoms with Gasteiger partial charge in [0.25, 0.3) is 5.56 Å². The van der Waals surface area contributed by atoms with E-state index in [1.54, 1.807) is 24.3 Å². The van der Waals surface area contributed by atoms with Gasteiger partial charge in [0.1, 0.15) is 17.5 Å². The van der Waals surface area contributed by atoms with E-state index in [1.165, 1.54) is 16.7 Å². The van der Waals surface area contributed by atoms with Gasteiger partial charge >= 0.3 is 0 Å². The summed E-state index contributed by atoms with van der Waals surface area (Å²) in [7, 11) is 0. The van der Waals surface area contributed by atoms with E-state index in [1.807, 2.05) is 6.92 Å². The lowest BCUT2D eigenvalue weighted by molar-refractivity contribution is 0.103. The molecule has 0 bridgehead atoms. The maximum atomic E-state index is 13.9. The molecule has 2 N–H and O–H groups in total. The number of halogens is 2. The van der Waals surface area contributed by atoms with E-state index < -0.39 is 23.0 Å². The number of nitrogens with zero attached hydrogens (tertiary/aromatic N) is 1. The molecular weight excluding hydrogens is 326 g/mol. The number of hydrogen-bond acceptors (Lipinski definition) is 3. The molecule has 1 aromatic heterocycles. The number of benzene rings is 2. The van der Waals surface area contributed by atoms with Gasteiger partial charge in [-0.1, -0.05) is 17.7 Å². The van der Waals surface area contributed by atoms with Crippen molar-refractivity contribution in [2.75, 3.05) is 5.73 Å². The lowest BCUT2D eigenvalue weighted by atomic mass is 10.0. The van der Waals surface area contributed by atoms with Crippen LogP contribution in [0.15, 0.2) is 59.4 Å². The Hall–Kier alpha value is -3.28. The third-order valence-electron chi connectivity index (χ3n) is 3.84. The number of rotatable bonds is 3. The second-order valence-corrected chi connectivity index (χ2v) is 5.59. The lowest BCUT2D eigenvalue weighted by Gasteiger charge is -2.13. The fraction of sp³-hybridized carbons (Fsp3) is 0.0526. The summed E-state index contributed by atoms with van der Waals surface area (Å²) in [5.74, 6) is -2.61. The molecule has 0 radical (unpaired) electrons. The van der Waals surface area contributed by atoms with Crippen molar-refractivity contribution in [1.82, 2.24) is 4.57 Å². The predicted octanol–water partition coefficient (Wildman–Crippen LogP) is 3.24. The van der Waals surface area contributed by atoms with Gasteiger partial charge in [-0.05, 0) is 37.3 Å². The predicted molar refractivity (Wildman–Crippen MR) is 91.0 cm³/mol. The van der Waals surface area contributed by atoms with Crippen molar-refractivity contribution in [3.63, 3.8) is 0 Å². The highest BCUT2D eigenvalue weighted by Crippen LogP contribution is 2.21. The summed E-state index contributed by atoms with van der Waals surface area (Å²) < 4.78 is 28.1. The zero-order valence-corrected chi connectivity index (χ0v) is 13.3. The number of aryl methyl sites for hydroxylation is 1. The van der Waals surface area contributed by atoms with Crippen LogP contribution in [0.3, 0.4) is 0 Å². The minimum absolute atomic E-state index is 0.0364. The highest BCUT2D eigenvalue weighted by molar-refractivity contribution is 6.11. The van der Waals surface area contributed by atoms with Crippen LogP contribution in [-0.2, 0) is 0 Å². The number of nitrogen functional groups attached to an aromatic ring is 1. The van der Waals surface area contributed by atoms with E-state index in [2.05, 4.69) is 0 Å². The van der Waals surface area contributed by atoms with Crippen LogP contribution in [0, 0.1) is 18.6 Å². The summed E-state index contributed by atoms with van der Waals surface area (Å²) in [6.45, 7) is 1.90. The monoisotopic (exact) mass is 340 g/mol. The molecule has 0 amide bonds. The van der Waals surface area contributed by atoms with Crippen molar-refractivity contribution < 1.29 is 13.6 Å². The maximum absolute atomic E-state index is 13.9. The fourth-order valence-electron chi connectivity index (χ4n) is 2.52. The Balaban J connectivity index is 2.15. The molecule has 0 fully saturated rings. The average molecular weight is 340 g/mol. The van der Waals surface area contributed by atoms with Crippen molar-refractivity contribution in [2.45, 2.75) is 6.92 Å². The number of carbonyl (C=O) groups is 1. The number of ketones is 1. The van der Waals surface area contributed by atoms with Gasteiger partial charge in [0.2, 0.25) is 0 Å². The van der Waals surface area contributed by atoms with Crippen LogP contribution >= 0.6 is 0 Å². The molecule has 0 aliphatic rings. The Labute approximate surface area is 142 Å². The number of nitrogens with two attached hydrogens (primary N) is 1. The van der Waals surface area contributed by atoms with Crippen molar-refractivity contribution in [3.05, 3.63) is 93.3 Å². The molecule has 0 aliphatic carbocycles. The van der Waals surface area contributed by atoms with Gasteiger partial charge in [-0.3, -0.25) is 14.2 Å². The van der Waals surface area contributed by atoms with Crippen LogP contribution in [-0.4, -0.2) is 10.4 Å². The van der Waals surface area contributed by atoms with Crippen molar-refractivity contribution in [1.29, 1.82) is 0 Å². The van der Waals surface area contributed by atoms with Crippen molar-refractivity contribution >= 4 is 11.6 Å². The molecule has 6 heteroatoms. The molecule has 0 aliphatic heterocycles. The molecule has 1 heterocycles. The van der Waals surface area contributed by atoms with E-state index >= 15 is 0 Å². The molecule has 2 aromatic carbocycles. The van der Waals surface area contributed by atoms with Crippen LogP contribution in [0.25, 0.3) is 5.69 Å². The number of aromatic nitrogens is 1. The van der Waals surface area contributed by atoms with Gasteiger partial charge < -0.3 is 5.73 Å². The summed E-state index contributed by atoms with van der Waals surface area (Å²) in [5.41, 5.74) is 6.73. The topological polar surface area (TPSA) is 65.1 Å². The zero-order valence-electron chi connectivity index (χ0n) is 13.3. The molecule has 0 unspecified atom stereocenters. The van der Waals surface area contributed by atoms with Crippen LogP contribution in [0.2, 0.25) is 0 Å². The molecule has 3 rings (SSSR count). The molecule has 0 atom stereocenters. The number of hydrogen-bond donors (Lipinski definition) is 1. The Morgan fingerprint density at radius 3 is 2.24 bits per heavy atom. The molecular formula is C19H14F2N2O2. The van der Waals surface area contributed by atoms with E-state index in [9.17, 15) is 18.4 Å². The Bertz CT molecular complexity index is 1020. The normalized spacial score (nSPS) is 10.7. The average Bonchev–Trinajstić information content (AvgIpc) is 2.56. The van der Waals surface area contributed by atoms with Gasteiger partial charge in [0.15, 0.2) is 5.78 Å². The zero-order chi connectivity index (χ0) is 18.1. The lowest BCUT2D eigenvalue weighted by Crippen LogP contribution is -2.23. The van der Waals surface area contributed by atoms with Gasteiger partial charge in [0, 0.05) is 12.1 Å². The third-order valence-corrected chi connectivity index (χ3v) is 3.84. The molecule has 4 nitrogen and oxygen atoms in total. The summed E-state index contributed by atoms with van der Waals surface area (Å²) in [6.07, 6.45) is 0. The van der Waals surface area contributed by atoms with Crippen molar-refractivity contribution in [3.8, 4) is 5.69 Å². The van der Waals surface area contributed by atoms with E-state index in [0.717, 1.165) is 17.7 Å². The van der Waals surface area contributed by atoms with E-state index in [0.29, 0.717) is 11.8 Å². The summed E-state index contributed by atoms with van der Waals surface area (Å²) in [6, 6.07) is 12.1. The summed E-state index contributed by atoms with van der Waals surface area (Å²) in [4.78, 5) is 24.8. The first-order chi connectivity index (χ1) is 11.9.